The average Bonchev–Trinajstić information content (AvgIpc) is 2.66. The Hall–Kier alpha value is -1.82. The van der Waals surface area contributed by atoms with Crippen LogP contribution in [-0.2, 0) is 11.3 Å². The molecule has 0 radical (unpaired) electrons. The summed E-state index contributed by atoms with van der Waals surface area (Å²) in [7, 11) is 1.72. The van der Waals surface area contributed by atoms with Crippen molar-refractivity contribution in [3.8, 4) is 5.75 Å². The highest BCUT2D eigenvalue weighted by molar-refractivity contribution is 5.87. The molecule has 3 rings (SSSR count). The minimum Gasteiger partial charge on any atom is -0.496 e. The van der Waals surface area contributed by atoms with Gasteiger partial charge in [0.2, 0.25) is 5.91 Å². The third-order valence-corrected chi connectivity index (χ3v) is 4.92. The Morgan fingerprint density at radius 2 is 2.12 bits per heavy atom. The Morgan fingerprint density at radius 3 is 2.88 bits per heavy atom. The molecule has 1 atom stereocenters. The summed E-state index contributed by atoms with van der Waals surface area (Å²) in [5.41, 5.74) is 6.68. The first-order valence-electron chi connectivity index (χ1n) is 8.97. The molecule has 1 saturated heterocycles. The molecule has 0 aliphatic carbocycles. The number of benzene rings is 2. The van der Waals surface area contributed by atoms with Gasteiger partial charge in [0.15, 0.2) is 0 Å². The van der Waals surface area contributed by atoms with Crippen molar-refractivity contribution in [2.45, 2.75) is 19.4 Å². The number of nitrogens with two attached hydrogens (primary N) is 1. The number of nitrogens with zero attached hydrogens (tertiary/aromatic N) is 1. The van der Waals surface area contributed by atoms with Crippen LogP contribution in [-0.4, -0.2) is 44.1 Å². The molecule has 6 heteroatoms. The van der Waals surface area contributed by atoms with Crippen LogP contribution in [0.2, 0.25) is 0 Å². The number of amides is 1. The minimum atomic E-state index is 0. The van der Waals surface area contributed by atoms with Crippen LogP contribution >= 0.6 is 12.4 Å². The Balaban J connectivity index is 0.00000243. The number of rotatable bonds is 6. The number of halogens is 1. The molecule has 1 amide bonds. The van der Waals surface area contributed by atoms with E-state index in [1.54, 1.807) is 7.11 Å². The van der Waals surface area contributed by atoms with E-state index in [-0.39, 0.29) is 24.2 Å². The second-order valence-electron chi connectivity index (χ2n) is 6.62. The maximum atomic E-state index is 12.3. The molecule has 1 aliphatic rings. The molecule has 5 nitrogen and oxygen atoms in total. The van der Waals surface area contributed by atoms with Gasteiger partial charge in [0.1, 0.15) is 5.75 Å². The number of hydrogen-bond donors (Lipinski definition) is 2. The fourth-order valence-electron chi connectivity index (χ4n) is 3.65. The van der Waals surface area contributed by atoms with Crippen molar-refractivity contribution in [2.75, 3.05) is 33.3 Å². The van der Waals surface area contributed by atoms with Gasteiger partial charge in [0.05, 0.1) is 13.0 Å². The molecule has 0 saturated carbocycles. The molecular weight excluding hydrogens is 350 g/mol. The van der Waals surface area contributed by atoms with Gasteiger partial charge in [-0.2, -0.15) is 0 Å². The zero-order valence-electron chi connectivity index (χ0n) is 15.2. The summed E-state index contributed by atoms with van der Waals surface area (Å²) >= 11 is 0. The lowest BCUT2D eigenvalue weighted by molar-refractivity contribution is -0.126. The summed E-state index contributed by atoms with van der Waals surface area (Å²) in [5.74, 6) is 1.08. The third kappa shape index (κ3) is 4.67. The molecule has 3 N–H and O–H groups in total. The quantitative estimate of drug-likeness (QED) is 0.811. The van der Waals surface area contributed by atoms with Gasteiger partial charge >= 0.3 is 0 Å². The second-order valence-corrected chi connectivity index (χ2v) is 6.62. The number of nitrogens with one attached hydrogen (secondary N) is 1. The van der Waals surface area contributed by atoms with Crippen LogP contribution in [0.3, 0.4) is 0 Å². The Labute approximate surface area is 161 Å². The summed E-state index contributed by atoms with van der Waals surface area (Å²) in [6.45, 7) is 3.61. The van der Waals surface area contributed by atoms with Crippen LogP contribution in [0.25, 0.3) is 10.8 Å². The van der Waals surface area contributed by atoms with Crippen molar-refractivity contribution in [2.24, 2.45) is 11.7 Å². The molecule has 0 bridgehead atoms. The smallest absolute Gasteiger partial charge is 0.224 e. The number of methoxy groups -OCH3 is 1. The number of carbonyl (C=O) groups excluding carboxylic acids is 1. The highest BCUT2D eigenvalue weighted by Crippen LogP contribution is 2.30. The first-order valence-corrected chi connectivity index (χ1v) is 8.97. The van der Waals surface area contributed by atoms with Gasteiger partial charge in [0, 0.05) is 31.7 Å². The highest BCUT2D eigenvalue weighted by Gasteiger charge is 2.26. The van der Waals surface area contributed by atoms with Crippen LogP contribution in [0.1, 0.15) is 18.4 Å². The van der Waals surface area contributed by atoms with Crippen LogP contribution in [0, 0.1) is 5.92 Å². The van der Waals surface area contributed by atoms with Gasteiger partial charge in [-0.15, -0.1) is 12.4 Å². The number of likely N-dealkylation sites (tertiary alicyclic amines) is 1. The summed E-state index contributed by atoms with van der Waals surface area (Å²) in [4.78, 5) is 14.6. The van der Waals surface area contributed by atoms with E-state index in [9.17, 15) is 4.79 Å². The van der Waals surface area contributed by atoms with Gasteiger partial charge in [-0.05, 0) is 36.2 Å². The number of ether oxygens (including phenoxy) is 1. The van der Waals surface area contributed by atoms with Crippen molar-refractivity contribution in [3.05, 3.63) is 42.0 Å². The van der Waals surface area contributed by atoms with Gasteiger partial charge < -0.3 is 15.8 Å². The Bertz CT molecular complexity index is 738. The topological polar surface area (TPSA) is 67.6 Å². The lowest BCUT2D eigenvalue weighted by Gasteiger charge is -2.32. The van der Waals surface area contributed by atoms with Gasteiger partial charge in [0.25, 0.3) is 0 Å². The molecule has 1 aliphatic heterocycles. The molecule has 2 aromatic carbocycles. The van der Waals surface area contributed by atoms with E-state index in [1.807, 2.05) is 6.07 Å². The molecule has 0 spiro atoms. The number of hydrogen-bond acceptors (Lipinski definition) is 4. The van der Waals surface area contributed by atoms with Crippen LogP contribution < -0.4 is 15.8 Å². The maximum Gasteiger partial charge on any atom is 0.224 e. The molecule has 142 valence electrons. The lowest BCUT2D eigenvalue weighted by Crippen LogP contribution is -2.43. The van der Waals surface area contributed by atoms with Gasteiger partial charge in [-0.25, -0.2) is 0 Å². The van der Waals surface area contributed by atoms with Crippen LogP contribution in [0.5, 0.6) is 5.75 Å². The summed E-state index contributed by atoms with van der Waals surface area (Å²) < 4.78 is 5.60. The number of fused-ring (bicyclic) bond motifs is 1. The number of piperidine rings is 1. The average molecular weight is 378 g/mol. The second kappa shape index (κ2) is 9.76. The van der Waals surface area contributed by atoms with E-state index in [1.165, 1.54) is 16.3 Å². The van der Waals surface area contributed by atoms with Gasteiger partial charge in [-0.1, -0.05) is 30.3 Å². The molecule has 2 aromatic rings. The molecule has 26 heavy (non-hydrogen) atoms. The number of carbonyl (C=O) groups is 1. The molecular formula is C20H28ClN3O2. The fraction of sp³-hybridized carbons (Fsp3) is 0.450. The van der Waals surface area contributed by atoms with E-state index in [0.717, 1.165) is 38.2 Å². The van der Waals surface area contributed by atoms with Crippen LogP contribution in [0.15, 0.2) is 36.4 Å². The lowest BCUT2D eigenvalue weighted by atomic mass is 9.95. The van der Waals surface area contributed by atoms with E-state index in [0.29, 0.717) is 13.1 Å². The SMILES string of the molecule is COc1ccc2ccccc2c1CN1CCCC(C(=O)NCCN)C1.Cl. The molecule has 0 aromatic heterocycles. The van der Waals surface area contributed by atoms with Crippen molar-refractivity contribution in [1.82, 2.24) is 10.2 Å². The predicted molar refractivity (Wildman–Crippen MR) is 108 cm³/mol. The standard InChI is InChI=1S/C20H27N3O2.ClH/c1-25-19-9-8-15-5-2-3-7-17(15)18(19)14-23-12-4-6-16(13-23)20(24)22-11-10-21;/h2-3,5,7-9,16H,4,6,10-14,21H2,1H3,(H,22,24);1H. The summed E-state index contributed by atoms with van der Waals surface area (Å²) in [6.07, 6.45) is 1.98. The summed E-state index contributed by atoms with van der Waals surface area (Å²) in [5, 5.41) is 5.36. The first-order chi connectivity index (χ1) is 12.2. The zero-order valence-corrected chi connectivity index (χ0v) is 16.1. The van der Waals surface area contributed by atoms with E-state index < -0.39 is 0 Å². The normalized spacial score (nSPS) is 17.5. The van der Waals surface area contributed by atoms with Crippen molar-refractivity contribution in [1.29, 1.82) is 0 Å². The van der Waals surface area contributed by atoms with E-state index >= 15 is 0 Å². The zero-order chi connectivity index (χ0) is 17.6. The summed E-state index contributed by atoms with van der Waals surface area (Å²) in [6, 6.07) is 12.5. The van der Waals surface area contributed by atoms with E-state index in [4.69, 9.17) is 10.5 Å². The monoisotopic (exact) mass is 377 g/mol. The molecule has 1 unspecified atom stereocenters. The molecule has 1 fully saturated rings. The Kier molecular flexibility index (Phi) is 7.69. The maximum absolute atomic E-state index is 12.3. The highest BCUT2D eigenvalue weighted by atomic mass is 35.5. The molecule has 1 heterocycles. The fourth-order valence-corrected chi connectivity index (χ4v) is 3.65. The largest absolute Gasteiger partial charge is 0.496 e. The van der Waals surface area contributed by atoms with Gasteiger partial charge in [-0.3, -0.25) is 9.69 Å². The van der Waals surface area contributed by atoms with Crippen molar-refractivity contribution in [3.63, 3.8) is 0 Å². The van der Waals surface area contributed by atoms with Crippen molar-refractivity contribution < 1.29 is 9.53 Å². The minimum absolute atomic E-state index is 0. The Morgan fingerprint density at radius 1 is 1.31 bits per heavy atom. The predicted octanol–water partition coefficient (Wildman–Crippen LogP) is 2.56. The van der Waals surface area contributed by atoms with E-state index in [2.05, 4.69) is 40.5 Å². The van der Waals surface area contributed by atoms with Crippen LogP contribution in [0.4, 0.5) is 0 Å². The van der Waals surface area contributed by atoms with Crippen molar-refractivity contribution >= 4 is 29.1 Å². The third-order valence-electron chi connectivity index (χ3n) is 4.92. The first kappa shape index (κ1) is 20.5.